The van der Waals surface area contributed by atoms with Gasteiger partial charge in [0.15, 0.2) is 34.9 Å². The first-order valence-electron chi connectivity index (χ1n) is 38.6. The lowest BCUT2D eigenvalue weighted by molar-refractivity contribution is 0.266. The van der Waals surface area contributed by atoms with Gasteiger partial charge in [-0.25, -0.2) is 68.6 Å². The third kappa shape index (κ3) is 28.1. The van der Waals surface area contributed by atoms with Gasteiger partial charge in [-0.3, -0.25) is 0 Å². The number of halogens is 3. The molecule has 0 aromatic carbocycles. The normalized spacial score (nSPS) is 12.2. The number of unbranched alkanes of at least 4 members (excludes halogenated alkanes) is 4. The van der Waals surface area contributed by atoms with E-state index in [1.165, 1.54) is 12.1 Å². The molecular weight excluding hydrogens is 1510 g/mol. The Balaban J connectivity index is 0.000000193. The van der Waals surface area contributed by atoms with Crippen molar-refractivity contribution in [1.82, 2.24) is 89.7 Å². The van der Waals surface area contributed by atoms with Crippen LogP contribution in [0.15, 0.2) is 73.3 Å². The Morgan fingerprint density at radius 2 is 0.655 bits per heavy atom. The van der Waals surface area contributed by atoms with E-state index in [0.29, 0.717) is 112 Å². The number of nitrogens with one attached hydrogen (secondary N) is 6. The van der Waals surface area contributed by atoms with E-state index in [1.54, 1.807) is 31.6 Å². The standard InChI is InChI=1S/2C14H21N5O.C13H18FN5O.C13H19N5O2.C12H16FN5O.C11H14ClN5/c2*1-3-4-5-10(8-20)17-13-12-11(18-14(15)19-13)7-6-9(2)16-12;1-2-3-4-9(7-20)17-12-11-10(18-13(15)19-12)5-8(14)6-16-11;1-3-4-8(7-19)16-12-11-10(17-13(14)18-12)5-9(20-2)6-15-11;1-2-3-8(6-19)16-11-10-9(17-12(14)18-11)4-7(13)5-15-10;1-2-3-4-14-10-9-8(16-11(13)17-10)5-7(12)6-15-9/h2*6-7,10,20H,3-5,8H2,1-2H3,(H3,15,17,18,19);5-6,9,20H,2-4,7H2,1H3,(H3,15,17,18,19);5-6,8,19H,3-4,7H2,1-2H3,(H3,14,16,17,18);4-5,8,19H,2-3,6H2,1H3,(H3,14,16,17,18);5-6H,2-4H2,1H3,(H3,13,14,16,17)/t2*10-;9-;2*8-;/m10100./s1. The third-order valence-corrected chi connectivity index (χ3v) is 17.5. The molecule has 36 nitrogen and oxygen atoms in total. The topological polar surface area (TPSA) is 571 Å². The van der Waals surface area contributed by atoms with Gasteiger partial charge in [0, 0.05) is 42.3 Å². The predicted octanol–water partition coefficient (Wildman–Crippen LogP) is 10.4. The number of anilines is 12. The van der Waals surface area contributed by atoms with E-state index in [0.717, 1.165) is 127 Å². The summed E-state index contributed by atoms with van der Waals surface area (Å²) in [6.45, 7) is 17.3. The van der Waals surface area contributed by atoms with Crippen LogP contribution in [-0.4, -0.2) is 192 Å². The van der Waals surface area contributed by atoms with Crippen molar-refractivity contribution < 1.29 is 39.1 Å². The minimum Gasteiger partial charge on any atom is -0.495 e. The van der Waals surface area contributed by atoms with Gasteiger partial charge in [-0.2, -0.15) is 29.9 Å². The number of hydrogen-bond donors (Lipinski definition) is 17. The number of rotatable bonds is 33. The van der Waals surface area contributed by atoms with Crippen molar-refractivity contribution in [3.8, 4) is 5.75 Å². The van der Waals surface area contributed by atoms with Gasteiger partial charge in [0.2, 0.25) is 35.7 Å². The largest absolute Gasteiger partial charge is 0.495 e. The number of nitrogen functional groups attached to an aromatic ring is 6. The van der Waals surface area contributed by atoms with Crippen molar-refractivity contribution in [2.24, 2.45) is 0 Å². The zero-order chi connectivity index (χ0) is 84.2. The monoisotopic (exact) mass is 1620 g/mol. The second-order valence-electron chi connectivity index (χ2n) is 26.9. The molecule has 0 aliphatic heterocycles. The highest BCUT2D eigenvalue weighted by Crippen LogP contribution is 2.29. The Morgan fingerprint density at radius 3 is 1.00 bits per heavy atom. The quantitative estimate of drug-likeness (QED) is 0.0170. The number of fused-ring (bicyclic) bond motifs is 6. The molecule has 12 aromatic rings. The molecule has 0 saturated heterocycles. The molecule has 5 atom stereocenters. The molecular formula is C77H109ClF2N30O6. The number of methoxy groups -OCH3 is 1. The van der Waals surface area contributed by atoms with Gasteiger partial charge in [0.1, 0.15) is 56.0 Å². The van der Waals surface area contributed by atoms with Gasteiger partial charge in [-0.15, -0.1) is 0 Å². The highest BCUT2D eigenvalue weighted by atomic mass is 35.5. The predicted molar refractivity (Wildman–Crippen MR) is 456 cm³/mol. The first kappa shape index (κ1) is 91.5. The van der Waals surface area contributed by atoms with Crippen LogP contribution in [0.4, 0.5) is 79.4 Å². The summed E-state index contributed by atoms with van der Waals surface area (Å²) in [4.78, 5) is 74.8. The fourth-order valence-electron chi connectivity index (χ4n) is 11.5. The van der Waals surface area contributed by atoms with Crippen LogP contribution in [0.1, 0.15) is 149 Å². The summed E-state index contributed by atoms with van der Waals surface area (Å²) in [5.41, 5.74) is 42.7. The van der Waals surface area contributed by atoms with Crippen LogP contribution >= 0.6 is 11.6 Å². The molecule has 39 heteroatoms. The number of aliphatic hydroxyl groups is 5. The van der Waals surface area contributed by atoms with E-state index in [4.69, 9.17) is 50.7 Å². The zero-order valence-corrected chi connectivity index (χ0v) is 67.7. The van der Waals surface area contributed by atoms with Gasteiger partial charge < -0.3 is 96.6 Å². The number of nitrogens with zero attached hydrogens (tertiary/aromatic N) is 18. The molecule has 0 radical (unpaired) electrons. The molecule has 0 saturated carbocycles. The molecule has 0 aliphatic rings. The summed E-state index contributed by atoms with van der Waals surface area (Å²) < 4.78 is 31.4. The first-order valence-corrected chi connectivity index (χ1v) is 39.0. The van der Waals surface area contributed by atoms with Crippen LogP contribution in [0, 0.1) is 25.5 Å². The van der Waals surface area contributed by atoms with Crippen molar-refractivity contribution in [2.45, 2.75) is 182 Å². The maximum Gasteiger partial charge on any atom is 0.222 e. The first-order chi connectivity index (χ1) is 55.9. The van der Waals surface area contributed by atoms with Gasteiger partial charge in [0.25, 0.3) is 0 Å². The van der Waals surface area contributed by atoms with Crippen LogP contribution in [0.3, 0.4) is 0 Å². The highest BCUT2D eigenvalue weighted by molar-refractivity contribution is 6.31. The Morgan fingerprint density at radius 1 is 0.353 bits per heavy atom. The summed E-state index contributed by atoms with van der Waals surface area (Å²) in [6, 6.07) is 13.1. The number of nitrogens with two attached hydrogens (primary N) is 6. The Kier molecular flexibility index (Phi) is 37.2. The molecule has 0 amide bonds. The lowest BCUT2D eigenvalue weighted by atomic mass is 10.1. The van der Waals surface area contributed by atoms with Gasteiger partial charge >= 0.3 is 0 Å². The number of aromatic nitrogens is 18. The van der Waals surface area contributed by atoms with E-state index >= 15 is 0 Å². The molecule has 12 aromatic heterocycles. The molecule has 0 spiro atoms. The fourth-order valence-corrected chi connectivity index (χ4v) is 11.6. The average molecular weight is 1620 g/mol. The smallest absolute Gasteiger partial charge is 0.222 e. The minimum atomic E-state index is -0.483. The van der Waals surface area contributed by atoms with Gasteiger partial charge in [-0.05, 0) is 82.7 Å². The summed E-state index contributed by atoms with van der Waals surface area (Å²) >= 11 is 5.87. The van der Waals surface area contributed by atoms with Crippen LogP contribution in [-0.2, 0) is 0 Å². The molecule has 12 heterocycles. The lowest BCUT2D eigenvalue weighted by Crippen LogP contribution is -2.24. The number of aliphatic hydroxyl groups excluding tert-OH is 5. The van der Waals surface area contributed by atoms with Crippen LogP contribution < -0.4 is 71.0 Å². The molecule has 0 bridgehead atoms. The van der Waals surface area contributed by atoms with Gasteiger partial charge in [0.05, 0.1) is 122 Å². The number of ether oxygens (including phenoxy) is 1. The fraction of sp³-hybridized carbons (Fsp3) is 0.455. The second kappa shape index (κ2) is 47.2. The zero-order valence-electron chi connectivity index (χ0n) is 67.0. The van der Waals surface area contributed by atoms with Crippen molar-refractivity contribution >= 4 is 148 Å². The van der Waals surface area contributed by atoms with Crippen molar-refractivity contribution in [1.29, 1.82) is 0 Å². The third-order valence-electron chi connectivity index (χ3n) is 17.3. The second-order valence-corrected chi connectivity index (χ2v) is 27.4. The van der Waals surface area contributed by atoms with Crippen LogP contribution in [0.25, 0.3) is 66.2 Å². The summed E-state index contributed by atoms with van der Waals surface area (Å²) in [5, 5.41) is 66.5. The van der Waals surface area contributed by atoms with E-state index in [-0.39, 0.29) is 98.9 Å². The number of pyridine rings is 6. The van der Waals surface area contributed by atoms with Crippen molar-refractivity contribution in [3.05, 3.63) is 101 Å². The molecule has 624 valence electrons. The van der Waals surface area contributed by atoms with E-state index in [9.17, 15) is 34.3 Å². The van der Waals surface area contributed by atoms with Crippen molar-refractivity contribution in [3.63, 3.8) is 0 Å². The minimum absolute atomic E-state index is 0.0212. The summed E-state index contributed by atoms with van der Waals surface area (Å²) in [5.74, 6) is 3.72. The highest BCUT2D eigenvalue weighted by Gasteiger charge is 2.20. The Bertz CT molecular complexity index is 4960. The summed E-state index contributed by atoms with van der Waals surface area (Å²) in [7, 11) is 1.57. The van der Waals surface area contributed by atoms with E-state index in [2.05, 4.69) is 156 Å². The molecule has 23 N–H and O–H groups in total. The number of aryl methyl sites for hydroxylation is 2. The van der Waals surface area contributed by atoms with Crippen LogP contribution in [0.2, 0.25) is 5.02 Å². The average Bonchev–Trinajstić information content (AvgIpc) is 0.799. The van der Waals surface area contributed by atoms with Crippen molar-refractivity contribution in [2.75, 3.05) is 113 Å². The number of hydrogen-bond acceptors (Lipinski definition) is 36. The molecule has 0 unspecified atom stereocenters. The Labute approximate surface area is 676 Å². The molecule has 12 rings (SSSR count). The lowest BCUT2D eigenvalue weighted by Gasteiger charge is -2.17. The maximum atomic E-state index is 13.2. The van der Waals surface area contributed by atoms with Gasteiger partial charge in [-0.1, -0.05) is 111 Å². The Hall–Kier alpha value is -11.7. The maximum absolute atomic E-state index is 13.2. The summed E-state index contributed by atoms with van der Waals surface area (Å²) in [6.07, 6.45) is 19.9. The van der Waals surface area contributed by atoms with E-state index < -0.39 is 11.6 Å². The van der Waals surface area contributed by atoms with Crippen LogP contribution in [0.5, 0.6) is 5.75 Å². The van der Waals surface area contributed by atoms with E-state index in [1.807, 2.05) is 45.0 Å². The molecule has 0 aliphatic carbocycles. The SMILES string of the molecule is CCCCNc1nc(N)nc2cc(Cl)cnc12.CCCC[C@@H](CO)Nc1nc(N)nc2ccc(C)nc12.CCCC[C@H](CO)Nc1nc(N)nc2cc(F)cnc12.CCCC[C@H](CO)Nc1nc(N)nc2ccc(C)nc12.CCC[C@@H](CO)Nc1nc(N)nc2cc(F)cnc12.CCC[C@@H](CO)Nc1nc(N)nc2cc(OC)cnc12. The molecule has 116 heavy (non-hydrogen) atoms. The molecule has 0 fully saturated rings.